The minimum Gasteiger partial charge on any atom is -0.336 e. The zero-order valence-electron chi connectivity index (χ0n) is 16.8. The minimum atomic E-state index is -0.0662. The Labute approximate surface area is 169 Å². The van der Waals surface area contributed by atoms with Crippen LogP contribution in [0.2, 0.25) is 0 Å². The van der Waals surface area contributed by atoms with Crippen molar-refractivity contribution >= 4 is 5.91 Å². The lowest BCUT2D eigenvalue weighted by Crippen LogP contribution is -2.39. The van der Waals surface area contributed by atoms with Gasteiger partial charge in [-0.05, 0) is 51.7 Å². The molecular weight excluding hydrogens is 366 g/mol. The van der Waals surface area contributed by atoms with Gasteiger partial charge in [-0.25, -0.2) is 9.67 Å². The van der Waals surface area contributed by atoms with E-state index >= 15 is 0 Å². The van der Waals surface area contributed by atoms with Crippen LogP contribution >= 0.6 is 0 Å². The summed E-state index contributed by atoms with van der Waals surface area (Å²) in [6, 6.07) is 8.03. The first kappa shape index (κ1) is 18.0. The first-order valence-corrected chi connectivity index (χ1v) is 10.3. The molecule has 8 heteroatoms. The lowest BCUT2D eigenvalue weighted by Gasteiger charge is -2.31. The van der Waals surface area contributed by atoms with Gasteiger partial charge in [0.25, 0.3) is 5.91 Å². The first-order valence-electron chi connectivity index (χ1n) is 10.3. The molecule has 29 heavy (non-hydrogen) atoms. The van der Waals surface area contributed by atoms with Gasteiger partial charge in [-0.1, -0.05) is 22.9 Å². The fourth-order valence-corrected chi connectivity index (χ4v) is 3.99. The van der Waals surface area contributed by atoms with Crippen molar-refractivity contribution in [1.29, 1.82) is 0 Å². The van der Waals surface area contributed by atoms with Crippen LogP contribution < -0.4 is 0 Å². The van der Waals surface area contributed by atoms with Crippen molar-refractivity contribution in [2.24, 2.45) is 0 Å². The molecule has 1 aliphatic heterocycles. The van der Waals surface area contributed by atoms with Crippen molar-refractivity contribution in [3.8, 4) is 5.69 Å². The molecule has 2 fully saturated rings. The highest BCUT2D eigenvalue weighted by Crippen LogP contribution is 2.38. The maximum absolute atomic E-state index is 13.2. The molecule has 2 aliphatic rings. The Morgan fingerprint density at radius 1 is 1.10 bits per heavy atom. The van der Waals surface area contributed by atoms with Gasteiger partial charge in [0.2, 0.25) is 0 Å². The zero-order valence-corrected chi connectivity index (χ0v) is 16.8. The Balaban J connectivity index is 1.34. The van der Waals surface area contributed by atoms with Crippen LogP contribution in [0.3, 0.4) is 0 Å². The molecule has 1 aromatic carbocycles. The molecule has 1 unspecified atom stereocenters. The summed E-state index contributed by atoms with van der Waals surface area (Å²) < 4.78 is 1.73. The third-order valence-electron chi connectivity index (χ3n) is 5.93. The molecule has 0 bridgehead atoms. The van der Waals surface area contributed by atoms with Crippen LogP contribution in [0.5, 0.6) is 0 Å². The molecule has 5 rings (SSSR count). The topological polar surface area (TPSA) is 92.6 Å². The van der Waals surface area contributed by atoms with E-state index in [2.05, 4.69) is 20.5 Å². The molecule has 8 nitrogen and oxygen atoms in total. The van der Waals surface area contributed by atoms with Crippen LogP contribution in [0.4, 0.5) is 0 Å². The number of hydrogen-bond donors (Lipinski definition) is 1. The molecule has 1 saturated carbocycles. The summed E-state index contributed by atoms with van der Waals surface area (Å²) in [6.45, 7) is 5.29. The number of H-pyrrole nitrogens is 1. The van der Waals surface area contributed by atoms with Crippen molar-refractivity contribution in [3.05, 3.63) is 52.9 Å². The maximum atomic E-state index is 13.2. The van der Waals surface area contributed by atoms with Crippen LogP contribution in [-0.2, 0) is 0 Å². The molecule has 2 aromatic heterocycles. The number of nitrogens with one attached hydrogen (secondary N) is 1. The molecule has 1 atom stereocenters. The standard InChI is InChI=1S/C21H25N7O/c1-13-5-9-17(10-6-13)28-14(2)18(23-26-28)21(29)27-11-3-4-16(12-27)20-22-19(24-25-20)15-7-8-15/h5-6,9-10,15-16H,3-4,7-8,11-12H2,1-2H3,(H,22,24,25). The molecule has 1 aliphatic carbocycles. The van der Waals surface area contributed by atoms with E-state index in [0.717, 1.165) is 42.4 Å². The number of aromatic nitrogens is 6. The summed E-state index contributed by atoms with van der Waals surface area (Å²) >= 11 is 0. The number of nitrogens with zero attached hydrogens (tertiary/aromatic N) is 6. The van der Waals surface area contributed by atoms with Crippen molar-refractivity contribution in [2.75, 3.05) is 13.1 Å². The van der Waals surface area contributed by atoms with Crippen LogP contribution in [0.1, 0.15) is 70.9 Å². The van der Waals surface area contributed by atoms with E-state index in [1.807, 2.05) is 43.0 Å². The molecule has 1 amide bonds. The number of piperidine rings is 1. The van der Waals surface area contributed by atoms with E-state index in [4.69, 9.17) is 4.98 Å². The SMILES string of the molecule is Cc1ccc(-n2nnc(C(=O)N3CCCC(c4n[nH]c(C5CC5)n4)C3)c2C)cc1. The summed E-state index contributed by atoms with van der Waals surface area (Å²) in [5, 5.41) is 16.0. The fourth-order valence-electron chi connectivity index (χ4n) is 3.99. The lowest BCUT2D eigenvalue weighted by molar-refractivity contribution is 0.0697. The Kier molecular flexibility index (Phi) is 4.41. The molecule has 150 valence electrons. The molecule has 1 saturated heterocycles. The van der Waals surface area contributed by atoms with Crippen molar-refractivity contribution in [3.63, 3.8) is 0 Å². The average Bonchev–Trinajstić information content (AvgIpc) is 3.35. The number of rotatable bonds is 4. The summed E-state index contributed by atoms with van der Waals surface area (Å²) in [7, 11) is 0. The molecule has 3 aromatic rings. The Morgan fingerprint density at radius 2 is 1.90 bits per heavy atom. The predicted molar refractivity (Wildman–Crippen MR) is 107 cm³/mol. The second-order valence-corrected chi connectivity index (χ2v) is 8.21. The number of aromatic amines is 1. The van der Waals surface area contributed by atoms with Crippen LogP contribution in [0, 0.1) is 13.8 Å². The average molecular weight is 391 g/mol. The smallest absolute Gasteiger partial charge is 0.276 e. The number of aryl methyl sites for hydroxylation is 1. The van der Waals surface area contributed by atoms with Crippen LogP contribution in [0.15, 0.2) is 24.3 Å². The monoisotopic (exact) mass is 391 g/mol. The Hall–Kier alpha value is -3.03. The van der Waals surface area contributed by atoms with Gasteiger partial charge in [0.1, 0.15) is 5.82 Å². The summed E-state index contributed by atoms with van der Waals surface area (Å²) in [5.74, 6) is 2.49. The van der Waals surface area contributed by atoms with Gasteiger partial charge in [0, 0.05) is 24.9 Å². The molecule has 0 spiro atoms. The second-order valence-electron chi connectivity index (χ2n) is 8.21. The lowest BCUT2D eigenvalue weighted by atomic mass is 9.97. The second kappa shape index (κ2) is 7.09. The van der Waals surface area contributed by atoms with Crippen LogP contribution in [0.25, 0.3) is 5.69 Å². The zero-order chi connectivity index (χ0) is 20.0. The Morgan fingerprint density at radius 3 is 2.66 bits per heavy atom. The number of hydrogen-bond acceptors (Lipinski definition) is 5. The van der Waals surface area contributed by atoms with Gasteiger partial charge < -0.3 is 4.90 Å². The summed E-state index contributed by atoms with van der Waals surface area (Å²) in [5.41, 5.74) is 3.26. The highest BCUT2D eigenvalue weighted by Gasteiger charge is 2.32. The number of amides is 1. The van der Waals surface area contributed by atoms with Gasteiger partial charge in [-0.2, -0.15) is 5.10 Å². The van der Waals surface area contributed by atoms with Crippen molar-refractivity contribution in [2.45, 2.75) is 51.4 Å². The molecule has 1 N–H and O–H groups in total. The van der Waals surface area contributed by atoms with Gasteiger partial charge in [-0.15, -0.1) is 5.10 Å². The molecular formula is C21H25N7O. The number of benzene rings is 1. The molecule has 0 radical (unpaired) electrons. The highest BCUT2D eigenvalue weighted by atomic mass is 16.2. The highest BCUT2D eigenvalue weighted by molar-refractivity contribution is 5.93. The molecule has 3 heterocycles. The predicted octanol–water partition coefficient (Wildman–Crippen LogP) is 2.90. The van der Waals surface area contributed by atoms with Gasteiger partial charge >= 0.3 is 0 Å². The van der Waals surface area contributed by atoms with Crippen LogP contribution in [-0.4, -0.2) is 54.1 Å². The maximum Gasteiger partial charge on any atom is 0.276 e. The van der Waals surface area contributed by atoms with E-state index in [9.17, 15) is 4.79 Å². The first-order chi connectivity index (χ1) is 14.1. The van der Waals surface area contributed by atoms with E-state index in [1.54, 1.807) is 4.68 Å². The fraction of sp³-hybridized carbons (Fsp3) is 0.476. The largest absolute Gasteiger partial charge is 0.336 e. The normalized spacial score (nSPS) is 19.5. The summed E-state index contributed by atoms with van der Waals surface area (Å²) in [4.78, 5) is 19.7. The summed E-state index contributed by atoms with van der Waals surface area (Å²) in [6.07, 6.45) is 4.33. The van der Waals surface area contributed by atoms with Gasteiger partial charge in [0.15, 0.2) is 11.5 Å². The third-order valence-corrected chi connectivity index (χ3v) is 5.93. The van der Waals surface area contributed by atoms with E-state index in [-0.39, 0.29) is 11.8 Å². The quantitative estimate of drug-likeness (QED) is 0.738. The van der Waals surface area contributed by atoms with Gasteiger partial charge in [0.05, 0.1) is 11.4 Å². The third kappa shape index (κ3) is 3.43. The van der Waals surface area contributed by atoms with Crippen molar-refractivity contribution in [1.82, 2.24) is 35.1 Å². The minimum absolute atomic E-state index is 0.0662. The number of carbonyl (C=O) groups excluding carboxylic acids is 1. The number of carbonyl (C=O) groups is 1. The Bertz CT molecular complexity index is 1030. The number of likely N-dealkylation sites (tertiary alicyclic amines) is 1. The van der Waals surface area contributed by atoms with Crippen molar-refractivity contribution < 1.29 is 4.79 Å². The van der Waals surface area contributed by atoms with E-state index < -0.39 is 0 Å². The van der Waals surface area contributed by atoms with E-state index in [0.29, 0.717) is 18.2 Å². The van der Waals surface area contributed by atoms with E-state index in [1.165, 1.54) is 18.4 Å². The van der Waals surface area contributed by atoms with Gasteiger partial charge in [-0.3, -0.25) is 9.89 Å².